The van der Waals surface area contributed by atoms with E-state index >= 15 is 0 Å². The minimum atomic E-state index is -0.419. The summed E-state index contributed by atoms with van der Waals surface area (Å²) in [5.74, 6) is 0.746. The van der Waals surface area contributed by atoms with Gasteiger partial charge in [-0.3, -0.25) is 19.7 Å². The SMILES string of the molecule is COc1ccc(C(=O)N2CCc3sccc3C2c2ccccc2)cc1.O=C(c1ccc(Cl)cc1)N1CCc2sccc2C1c1ccc([N+](=O)[O-])cc1. The zero-order valence-electron chi connectivity index (χ0n) is 28.2. The monoisotopic (exact) mass is 747 g/mol. The summed E-state index contributed by atoms with van der Waals surface area (Å²) >= 11 is 9.40. The van der Waals surface area contributed by atoms with Gasteiger partial charge in [-0.1, -0.05) is 41.9 Å². The number of methoxy groups -OCH3 is 1. The number of nitro groups is 1. The lowest BCUT2D eigenvalue weighted by molar-refractivity contribution is -0.384. The molecule has 11 heteroatoms. The Morgan fingerprint density at radius 3 is 1.65 bits per heavy atom. The number of hydrogen-bond donors (Lipinski definition) is 0. The topological polar surface area (TPSA) is 93.0 Å². The number of thiophene rings is 2. The van der Waals surface area contributed by atoms with E-state index in [0.29, 0.717) is 22.7 Å². The van der Waals surface area contributed by atoms with Crippen LogP contribution in [0.25, 0.3) is 0 Å². The molecule has 4 heterocycles. The van der Waals surface area contributed by atoms with Crippen molar-refractivity contribution in [3.05, 3.63) is 184 Å². The maximum atomic E-state index is 13.2. The molecule has 2 atom stereocenters. The van der Waals surface area contributed by atoms with Crippen molar-refractivity contribution in [2.24, 2.45) is 0 Å². The molecule has 0 saturated heterocycles. The Hall–Kier alpha value is -5.29. The molecule has 2 aliphatic heterocycles. The van der Waals surface area contributed by atoms with Crippen molar-refractivity contribution in [2.45, 2.75) is 24.9 Å². The summed E-state index contributed by atoms with van der Waals surface area (Å²) in [6, 6.07) is 34.8. The molecule has 262 valence electrons. The highest BCUT2D eigenvalue weighted by atomic mass is 35.5. The molecule has 52 heavy (non-hydrogen) atoms. The maximum Gasteiger partial charge on any atom is 0.269 e. The van der Waals surface area contributed by atoms with Gasteiger partial charge in [0, 0.05) is 51.1 Å². The van der Waals surface area contributed by atoms with Gasteiger partial charge in [-0.2, -0.15) is 0 Å². The molecule has 2 aliphatic rings. The first-order valence-electron chi connectivity index (χ1n) is 16.8. The molecule has 0 bridgehead atoms. The van der Waals surface area contributed by atoms with E-state index in [1.807, 2.05) is 63.7 Å². The van der Waals surface area contributed by atoms with Crippen LogP contribution in [0, 0.1) is 10.1 Å². The molecule has 2 aromatic heterocycles. The lowest BCUT2D eigenvalue weighted by atomic mass is 9.92. The standard InChI is InChI=1S/C21H19NO2S.C20H15ClN2O3S/c1-24-17-9-7-16(8-10-17)21(23)22-13-11-19-18(12-14-25-19)20(22)15-5-3-2-4-6-15;21-15-5-1-14(2-6-15)20(24)22-11-9-18-17(10-12-27-18)19(22)13-3-7-16(8-4-13)23(25)26/h2-10,12,14,20H,11,13H2,1H3;1-8,10,12,19H,9,11H2. The highest BCUT2D eigenvalue weighted by Gasteiger charge is 2.34. The molecule has 8 nitrogen and oxygen atoms in total. The first-order valence-corrected chi connectivity index (χ1v) is 18.9. The lowest BCUT2D eigenvalue weighted by Gasteiger charge is -2.36. The van der Waals surface area contributed by atoms with E-state index in [0.717, 1.165) is 41.8 Å². The minimum absolute atomic E-state index is 0.0224. The van der Waals surface area contributed by atoms with E-state index in [2.05, 4.69) is 23.6 Å². The molecule has 6 aromatic rings. The molecule has 2 amide bonds. The number of carbonyl (C=O) groups is 2. The lowest BCUT2D eigenvalue weighted by Crippen LogP contribution is -2.40. The molecule has 0 radical (unpaired) electrons. The van der Waals surface area contributed by atoms with Crippen molar-refractivity contribution in [1.82, 2.24) is 9.80 Å². The molecule has 0 N–H and O–H groups in total. The van der Waals surface area contributed by atoms with Crippen LogP contribution < -0.4 is 4.74 Å². The van der Waals surface area contributed by atoms with Gasteiger partial charge in [-0.25, -0.2) is 0 Å². The van der Waals surface area contributed by atoms with E-state index in [1.54, 1.807) is 66.2 Å². The highest BCUT2D eigenvalue weighted by molar-refractivity contribution is 7.10. The molecule has 2 unspecified atom stereocenters. The van der Waals surface area contributed by atoms with E-state index in [4.69, 9.17) is 16.3 Å². The number of halogens is 1. The molecule has 0 saturated carbocycles. The third-order valence-electron chi connectivity index (χ3n) is 9.42. The summed E-state index contributed by atoms with van der Waals surface area (Å²) in [4.78, 5) is 43.4. The number of non-ortho nitro benzene ring substituents is 1. The quantitative estimate of drug-likeness (QED) is 0.125. The predicted octanol–water partition coefficient (Wildman–Crippen LogP) is 9.64. The van der Waals surface area contributed by atoms with Crippen LogP contribution in [0.4, 0.5) is 5.69 Å². The van der Waals surface area contributed by atoms with Gasteiger partial charge in [-0.05, 0) is 119 Å². The third-order valence-corrected chi connectivity index (χ3v) is 11.7. The van der Waals surface area contributed by atoms with E-state index in [1.165, 1.54) is 27.5 Å². The number of ether oxygens (including phenoxy) is 1. The Morgan fingerprint density at radius 1 is 0.692 bits per heavy atom. The summed E-state index contributed by atoms with van der Waals surface area (Å²) in [5, 5.41) is 15.7. The van der Waals surface area contributed by atoms with Crippen molar-refractivity contribution >= 4 is 51.8 Å². The van der Waals surface area contributed by atoms with Gasteiger partial charge in [0.05, 0.1) is 24.1 Å². The molecule has 0 aliphatic carbocycles. The van der Waals surface area contributed by atoms with Gasteiger partial charge < -0.3 is 14.5 Å². The number of rotatable bonds is 6. The van der Waals surface area contributed by atoms with E-state index in [9.17, 15) is 19.7 Å². The first kappa shape index (κ1) is 35.1. The molecule has 4 aromatic carbocycles. The zero-order chi connectivity index (χ0) is 36.2. The van der Waals surface area contributed by atoms with Gasteiger partial charge in [-0.15, -0.1) is 22.7 Å². The van der Waals surface area contributed by atoms with Crippen LogP contribution in [-0.2, 0) is 12.8 Å². The average molecular weight is 748 g/mol. The number of fused-ring (bicyclic) bond motifs is 2. The summed E-state index contributed by atoms with van der Waals surface area (Å²) in [7, 11) is 1.63. The summed E-state index contributed by atoms with van der Waals surface area (Å²) < 4.78 is 5.20. The fourth-order valence-corrected chi connectivity index (χ4v) is 8.79. The van der Waals surface area contributed by atoms with E-state index < -0.39 is 4.92 Å². The van der Waals surface area contributed by atoms with Gasteiger partial charge >= 0.3 is 0 Å². The molecule has 0 spiro atoms. The van der Waals surface area contributed by atoms with Crippen LogP contribution >= 0.6 is 34.3 Å². The maximum absolute atomic E-state index is 13.2. The smallest absolute Gasteiger partial charge is 0.269 e. The van der Waals surface area contributed by atoms with Gasteiger partial charge in [0.1, 0.15) is 5.75 Å². The van der Waals surface area contributed by atoms with E-state index in [-0.39, 0.29) is 29.6 Å². The van der Waals surface area contributed by atoms with Gasteiger partial charge in [0.25, 0.3) is 17.5 Å². The van der Waals surface area contributed by atoms with Crippen LogP contribution in [0.15, 0.2) is 126 Å². The second kappa shape index (κ2) is 15.5. The van der Waals surface area contributed by atoms with Crippen LogP contribution in [-0.4, -0.2) is 46.7 Å². The first-order chi connectivity index (χ1) is 25.3. The number of carbonyl (C=O) groups excluding carboxylic acids is 2. The van der Waals surface area contributed by atoms with Crippen LogP contribution in [0.5, 0.6) is 5.75 Å². The molecular formula is C41H34ClN3O5S2. The Bertz CT molecular complexity index is 2180. The Morgan fingerprint density at radius 2 is 1.17 bits per heavy atom. The fourth-order valence-electron chi connectivity index (χ4n) is 6.86. The van der Waals surface area contributed by atoms with Crippen molar-refractivity contribution in [3.63, 3.8) is 0 Å². The number of nitro benzene ring substituents is 1. The zero-order valence-corrected chi connectivity index (χ0v) is 30.6. The number of amides is 2. The third kappa shape index (κ3) is 7.23. The van der Waals surface area contributed by atoms with Gasteiger partial charge in [0.2, 0.25) is 0 Å². The second-order valence-corrected chi connectivity index (χ2v) is 14.8. The summed E-state index contributed by atoms with van der Waals surface area (Å²) in [6.45, 7) is 1.33. The van der Waals surface area contributed by atoms with Crippen LogP contribution in [0.2, 0.25) is 5.02 Å². The van der Waals surface area contributed by atoms with Crippen LogP contribution in [0.1, 0.15) is 64.8 Å². The molecule has 0 fully saturated rings. The van der Waals surface area contributed by atoms with Gasteiger partial charge in [0.15, 0.2) is 0 Å². The number of benzene rings is 4. The fraction of sp³-hybridized carbons (Fsp3) is 0.171. The second-order valence-electron chi connectivity index (χ2n) is 12.4. The van der Waals surface area contributed by atoms with Crippen molar-refractivity contribution in [3.8, 4) is 5.75 Å². The van der Waals surface area contributed by atoms with Crippen LogP contribution in [0.3, 0.4) is 0 Å². The van der Waals surface area contributed by atoms with Crippen molar-refractivity contribution < 1.29 is 19.2 Å². The van der Waals surface area contributed by atoms with Crippen molar-refractivity contribution in [2.75, 3.05) is 20.2 Å². The summed E-state index contributed by atoms with van der Waals surface area (Å²) in [5.41, 5.74) is 5.67. The predicted molar refractivity (Wildman–Crippen MR) is 206 cm³/mol. The average Bonchev–Trinajstić information content (AvgIpc) is 3.88. The highest BCUT2D eigenvalue weighted by Crippen LogP contribution is 2.40. The number of hydrogen-bond acceptors (Lipinski definition) is 7. The minimum Gasteiger partial charge on any atom is -0.497 e. The number of nitrogens with zero attached hydrogens (tertiary/aromatic N) is 3. The Kier molecular flexibility index (Phi) is 10.5. The van der Waals surface area contributed by atoms with Crippen molar-refractivity contribution in [1.29, 1.82) is 0 Å². The Balaban J connectivity index is 0.000000162. The normalized spacial score (nSPS) is 16.2. The largest absolute Gasteiger partial charge is 0.497 e. The molecule has 8 rings (SSSR count). The Labute approximate surface area is 314 Å². The summed E-state index contributed by atoms with van der Waals surface area (Å²) in [6.07, 6.45) is 1.72. The molecular weight excluding hydrogens is 714 g/mol.